The van der Waals surface area contributed by atoms with Gasteiger partial charge in [-0.3, -0.25) is 0 Å². The van der Waals surface area contributed by atoms with Gasteiger partial charge in [-0.1, -0.05) is 36.4 Å². The Balaban J connectivity index is 1.79. The van der Waals surface area contributed by atoms with E-state index < -0.39 is 12.5 Å². The molecule has 1 aliphatic heterocycles. The van der Waals surface area contributed by atoms with E-state index in [0.717, 1.165) is 11.1 Å². The third kappa shape index (κ3) is 5.79. The van der Waals surface area contributed by atoms with E-state index in [4.69, 9.17) is 9.84 Å². The number of aliphatic hydroxyl groups is 1. The van der Waals surface area contributed by atoms with Gasteiger partial charge < -0.3 is 14.9 Å². The van der Waals surface area contributed by atoms with Crippen molar-refractivity contribution in [3.8, 4) is 0 Å². The van der Waals surface area contributed by atoms with Gasteiger partial charge in [-0.05, 0) is 36.3 Å². The molecule has 1 N–H and O–H groups in total. The molecular weight excluding hydrogens is 285 g/mol. The molecule has 0 radical (unpaired) electrons. The van der Waals surface area contributed by atoms with Crippen LogP contribution in [0.3, 0.4) is 0 Å². The summed E-state index contributed by atoms with van der Waals surface area (Å²) in [6.07, 6.45) is 5.01. The maximum Gasteiger partial charge on any atom is 0.191 e. The van der Waals surface area contributed by atoms with Crippen molar-refractivity contribution in [2.75, 3.05) is 0 Å². The first-order chi connectivity index (χ1) is 10.6. The van der Waals surface area contributed by atoms with Crippen molar-refractivity contribution in [3.63, 3.8) is 0 Å². The number of rotatable bonds is 6. The van der Waals surface area contributed by atoms with Crippen molar-refractivity contribution in [1.29, 1.82) is 0 Å². The van der Waals surface area contributed by atoms with Gasteiger partial charge in [0.25, 0.3) is 0 Å². The van der Waals surface area contributed by atoms with Crippen LogP contribution in [0, 0.1) is 0 Å². The minimum atomic E-state index is -1.51. The van der Waals surface area contributed by atoms with Gasteiger partial charge in [0.15, 0.2) is 5.90 Å². The van der Waals surface area contributed by atoms with E-state index in [1.807, 2.05) is 36.4 Å². The molecule has 118 valence electrons. The van der Waals surface area contributed by atoms with Crippen LogP contribution in [0.4, 0.5) is 4.39 Å². The lowest BCUT2D eigenvalue weighted by Gasteiger charge is -2.12. The summed E-state index contributed by atoms with van der Waals surface area (Å²) in [5.74, 6) is 0.412. The molecule has 5 heteroatoms. The Hall–Kier alpha value is -1.98. The van der Waals surface area contributed by atoms with Crippen molar-refractivity contribution < 1.29 is 19.3 Å². The highest BCUT2D eigenvalue weighted by Gasteiger charge is 2.12. The fourth-order valence-corrected chi connectivity index (χ4v) is 1.95. The van der Waals surface area contributed by atoms with Crippen LogP contribution in [0.2, 0.25) is 0 Å². The number of allylic oxidation sites excluding steroid dienone is 2. The molecule has 0 amide bonds. The fourth-order valence-electron chi connectivity index (χ4n) is 1.95. The molecule has 0 aromatic heterocycles. The van der Waals surface area contributed by atoms with Crippen LogP contribution in [0.15, 0.2) is 47.6 Å². The van der Waals surface area contributed by atoms with Gasteiger partial charge in [0.05, 0.1) is 6.42 Å². The first-order valence-electron chi connectivity index (χ1n) is 7.23. The van der Waals surface area contributed by atoms with Crippen LogP contribution in [0.25, 0.3) is 6.08 Å². The van der Waals surface area contributed by atoms with Crippen LogP contribution < -0.4 is 5.11 Å². The summed E-state index contributed by atoms with van der Waals surface area (Å²) in [6.45, 7) is 0.353. The lowest BCUT2D eigenvalue weighted by molar-refractivity contribution is -0.483. The highest BCUT2D eigenvalue weighted by atomic mass is 19.1. The summed E-state index contributed by atoms with van der Waals surface area (Å²) in [5.41, 5.74) is 1.98. The summed E-state index contributed by atoms with van der Waals surface area (Å²) in [5, 5.41) is 19.1. The van der Waals surface area contributed by atoms with Crippen LogP contribution in [0.1, 0.15) is 30.4 Å². The predicted molar refractivity (Wildman–Crippen MR) is 81.6 cm³/mol. The highest BCUT2D eigenvalue weighted by Crippen LogP contribution is 2.12. The molecule has 4 nitrogen and oxygen atoms in total. The number of halogens is 1. The number of hydrogen-bond acceptors (Lipinski definition) is 4. The number of benzene rings is 1. The molecule has 0 aliphatic carbocycles. The van der Waals surface area contributed by atoms with Gasteiger partial charge in [0.2, 0.25) is 0 Å². The molecule has 1 heterocycles. The number of alkyl halides is 1. The Morgan fingerprint density at radius 2 is 2.18 bits per heavy atom. The monoisotopic (exact) mass is 304 g/mol. The Morgan fingerprint density at radius 1 is 1.41 bits per heavy atom. The quantitative estimate of drug-likeness (QED) is 0.820. The number of hydrogen-bond donors (Lipinski definition) is 1. The smallest absolute Gasteiger partial charge is 0.191 e. The lowest BCUT2D eigenvalue weighted by atomic mass is 10.1. The maximum absolute atomic E-state index is 13.1. The number of aliphatic imine (C=N–C) groups is 1. The van der Waals surface area contributed by atoms with Crippen molar-refractivity contribution >= 4 is 12.0 Å². The van der Waals surface area contributed by atoms with Gasteiger partial charge in [-0.15, -0.1) is 0 Å². The molecular formula is C17H19FNO3-. The van der Waals surface area contributed by atoms with Gasteiger partial charge in [-0.25, -0.2) is 9.38 Å². The summed E-state index contributed by atoms with van der Waals surface area (Å²) in [7, 11) is 0. The Kier molecular flexibility index (Phi) is 6.30. The van der Waals surface area contributed by atoms with Crippen LogP contribution in [-0.4, -0.2) is 23.5 Å². The molecule has 2 rings (SSSR count). The molecule has 1 aromatic rings. The minimum Gasteiger partial charge on any atom is -0.831 e. The van der Waals surface area contributed by atoms with Crippen LogP contribution in [0.5, 0.6) is 0 Å². The van der Waals surface area contributed by atoms with Gasteiger partial charge in [0, 0.05) is 6.20 Å². The van der Waals surface area contributed by atoms with Gasteiger partial charge >= 0.3 is 0 Å². The van der Waals surface area contributed by atoms with Crippen LogP contribution >= 0.6 is 0 Å². The molecule has 0 saturated carbocycles. The Labute approximate surface area is 129 Å². The topological polar surface area (TPSA) is 64.9 Å². The zero-order valence-electron chi connectivity index (χ0n) is 12.2. The van der Waals surface area contributed by atoms with E-state index in [1.165, 1.54) is 12.3 Å². The van der Waals surface area contributed by atoms with Crippen molar-refractivity contribution in [3.05, 3.63) is 53.7 Å². The fraction of sp³-hybridized carbons (Fsp3) is 0.353. The van der Waals surface area contributed by atoms with E-state index in [9.17, 15) is 9.50 Å². The zero-order valence-corrected chi connectivity index (χ0v) is 12.2. The SMILES string of the molecule is [O-]C(O)CC/C=C/c1ccc(COC2=NC=CC(F)C2)cc1. The third-order valence-corrected chi connectivity index (χ3v) is 3.16. The molecule has 1 aromatic carbocycles. The molecule has 0 bridgehead atoms. The van der Waals surface area contributed by atoms with Crippen molar-refractivity contribution in [2.45, 2.75) is 38.3 Å². The molecule has 2 atom stereocenters. The molecule has 0 spiro atoms. The number of ether oxygens (including phenoxy) is 1. The predicted octanol–water partition coefficient (Wildman–Crippen LogP) is 2.33. The molecule has 22 heavy (non-hydrogen) atoms. The molecule has 0 fully saturated rings. The summed E-state index contributed by atoms with van der Waals surface area (Å²) in [6, 6.07) is 7.72. The molecule has 0 saturated heterocycles. The first-order valence-corrected chi connectivity index (χ1v) is 7.23. The summed E-state index contributed by atoms with van der Waals surface area (Å²) >= 11 is 0. The normalized spacial score (nSPS) is 19.2. The average Bonchev–Trinajstić information content (AvgIpc) is 2.51. The van der Waals surface area contributed by atoms with E-state index in [-0.39, 0.29) is 12.8 Å². The van der Waals surface area contributed by atoms with Crippen molar-refractivity contribution in [2.24, 2.45) is 4.99 Å². The maximum atomic E-state index is 13.1. The first kappa shape index (κ1) is 16.4. The second kappa shape index (κ2) is 8.46. The van der Waals surface area contributed by atoms with Gasteiger partial charge in [-0.2, -0.15) is 0 Å². The average molecular weight is 304 g/mol. The minimum absolute atomic E-state index is 0.183. The standard InChI is InChI=1S/C17H19FNO3/c18-15-9-10-19-16(11-15)22-12-14-7-5-13(6-8-14)3-1-2-4-17(20)21/h1,3,5-10,15,17,20H,2,4,11-12H2/q-1/b3-1+. The van der Waals surface area contributed by atoms with E-state index in [0.29, 0.717) is 18.9 Å². The summed E-state index contributed by atoms with van der Waals surface area (Å²) < 4.78 is 18.6. The Morgan fingerprint density at radius 3 is 2.86 bits per heavy atom. The van der Waals surface area contributed by atoms with Crippen LogP contribution in [-0.2, 0) is 11.3 Å². The lowest BCUT2D eigenvalue weighted by Crippen LogP contribution is -2.23. The number of nitrogens with zero attached hydrogens (tertiary/aromatic N) is 1. The highest BCUT2D eigenvalue weighted by molar-refractivity contribution is 5.78. The Bertz CT molecular complexity index is 550. The van der Waals surface area contributed by atoms with Gasteiger partial charge in [0.1, 0.15) is 12.8 Å². The van der Waals surface area contributed by atoms with E-state index in [1.54, 1.807) is 0 Å². The molecule has 2 unspecified atom stereocenters. The second-order valence-electron chi connectivity index (χ2n) is 5.05. The zero-order chi connectivity index (χ0) is 15.8. The second-order valence-corrected chi connectivity index (χ2v) is 5.05. The third-order valence-electron chi connectivity index (χ3n) is 3.16. The molecule has 1 aliphatic rings. The van der Waals surface area contributed by atoms with E-state index in [2.05, 4.69) is 4.99 Å². The number of aliphatic hydroxyl groups excluding tert-OH is 1. The largest absolute Gasteiger partial charge is 0.831 e. The summed E-state index contributed by atoms with van der Waals surface area (Å²) in [4.78, 5) is 3.99. The van der Waals surface area contributed by atoms with E-state index >= 15 is 0 Å². The van der Waals surface area contributed by atoms with Crippen molar-refractivity contribution in [1.82, 2.24) is 0 Å².